The van der Waals surface area contributed by atoms with Crippen LogP contribution in [0.3, 0.4) is 0 Å². The van der Waals surface area contributed by atoms with Crippen LogP contribution in [0, 0.1) is 5.92 Å². The summed E-state index contributed by atoms with van der Waals surface area (Å²) in [6.45, 7) is 2.93. The second kappa shape index (κ2) is 6.14. The van der Waals surface area contributed by atoms with Crippen LogP contribution in [0.5, 0.6) is 0 Å². The lowest BCUT2D eigenvalue weighted by molar-refractivity contribution is -0.151. The Labute approximate surface area is 139 Å². The highest BCUT2D eigenvalue weighted by Crippen LogP contribution is 2.42. The maximum absolute atomic E-state index is 12.9. The van der Waals surface area contributed by atoms with Crippen molar-refractivity contribution in [2.24, 2.45) is 5.92 Å². The van der Waals surface area contributed by atoms with E-state index in [9.17, 15) is 18.4 Å². The Morgan fingerprint density at radius 3 is 2.79 bits per heavy atom. The van der Waals surface area contributed by atoms with Crippen molar-refractivity contribution in [2.75, 3.05) is 13.6 Å². The van der Waals surface area contributed by atoms with Gasteiger partial charge in [-0.3, -0.25) is 9.59 Å². The molecular weight excluding hydrogens is 318 g/mol. The third-order valence-corrected chi connectivity index (χ3v) is 4.91. The van der Waals surface area contributed by atoms with Gasteiger partial charge in [0.25, 0.3) is 5.91 Å². The molecule has 1 N–H and O–H groups in total. The van der Waals surface area contributed by atoms with Crippen LogP contribution in [-0.2, 0) is 17.8 Å². The zero-order valence-corrected chi connectivity index (χ0v) is 13.9. The van der Waals surface area contributed by atoms with Crippen molar-refractivity contribution in [3.05, 3.63) is 17.7 Å². The van der Waals surface area contributed by atoms with Crippen molar-refractivity contribution in [1.29, 1.82) is 0 Å². The number of carbonyl (C=O) groups excluding carboxylic acids is 2. The van der Waals surface area contributed by atoms with Crippen LogP contribution in [0.15, 0.2) is 6.20 Å². The average molecular weight is 340 g/mol. The molecule has 2 heterocycles. The number of aryl methyl sites for hydroxylation is 1. The molecule has 1 unspecified atom stereocenters. The van der Waals surface area contributed by atoms with E-state index in [1.165, 1.54) is 0 Å². The van der Waals surface area contributed by atoms with Crippen molar-refractivity contribution in [2.45, 2.75) is 51.1 Å². The molecule has 0 radical (unpaired) electrons. The fourth-order valence-corrected chi connectivity index (χ4v) is 3.23. The van der Waals surface area contributed by atoms with E-state index >= 15 is 0 Å². The Balaban J connectivity index is 1.65. The molecule has 0 bridgehead atoms. The van der Waals surface area contributed by atoms with E-state index in [1.54, 1.807) is 18.1 Å². The van der Waals surface area contributed by atoms with Crippen LogP contribution < -0.4 is 5.32 Å². The summed E-state index contributed by atoms with van der Waals surface area (Å²) in [5.74, 6) is -2.90. The third kappa shape index (κ3) is 3.14. The molecule has 1 aromatic heterocycles. The second-order valence-corrected chi connectivity index (χ2v) is 6.69. The Hall–Kier alpha value is -1.99. The van der Waals surface area contributed by atoms with Crippen LogP contribution in [0.4, 0.5) is 8.78 Å². The van der Waals surface area contributed by atoms with Gasteiger partial charge >= 0.3 is 0 Å². The number of amides is 2. The van der Waals surface area contributed by atoms with Crippen molar-refractivity contribution >= 4 is 11.8 Å². The molecule has 1 saturated carbocycles. The van der Waals surface area contributed by atoms with Gasteiger partial charge in [-0.2, -0.15) is 0 Å². The minimum Gasteiger partial charge on any atom is -0.351 e. The summed E-state index contributed by atoms with van der Waals surface area (Å²) in [7, 11) is 1.72. The van der Waals surface area contributed by atoms with Gasteiger partial charge in [0, 0.05) is 51.4 Å². The number of nitrogens with zero attached hydrogens (tertiary/aromatic N) is 3. The Morgan fingerprint density at radius 2 is 2.17 bits per heavy atom. The fraction of sp³-hybridized carbons (Fsp3) is 0.688. The van der Waals surface area contributed by atoms with Gasteiger partial charge in [-0.15, -0.1) is 0 Å². The summed E-state index contributed by atoms with van der Waals surface area (Å²) >= 11 is 0. The summed E-state index contributed by atoms with van der Waals surface area (Å²) in [4.78, 5) is 30.3. The van der Waals surface area contributed by atoms with Gasteiger partial charge in [-0.1, -0.05) is 0 Å². The number of alkyl halides is 2. The van der Waals surface area contributed by atoms with E-state index in [4.69, 9.17) is 0 Å². The van der Waals surface area contributed by atoms with Crippen molar-refractivity contribution in [3.63, 3.8) is 0 Å². The molecule has 3 rings (SSSR count). The van der Waals surface area contributed by atoms with Crippen molar-refractivity contribution in [3.8, 4) is 0 Å². The first-order valence-electron chi connectivity index (χ1n) is 8.29. The third-order valence-electron chi connectivity index (χ3n) is 4.91. The van der Waals surface area contributed by atoms with Gasteiger partial charge in [0.2, 0.25) is 11.8 Å². The van der Waals surface area contributed by atoms with Crippen LogP contribution in [0.2, 0.25) is 0 Å². The highest BCUT2D eigenvalue weighted by molar-refractivity contribution is 5.92. The first-order valence-corrected chi connectivity index (χ1v) is 8.29. The normalized spacial score (nSPS) is 22.4. The maximum Gasteiger partial charge on any atom is 0.271 e. The van der Waals surface area contributed by atoms with Crippen molar-refractivity contribution < 1.29 is 18.4 Å². The van der Waals surface area contributed by atoms with E-state index in [2.05, 4.69) is 10.3 Å². The van der Waals surface area contributed by atoms with E-state index in [0.29, 0.717) is 31.6 Å². The lowest BCUT2D eigenvalue weighted by Gasteiger charge is -2.35. The Bertz CT molecular complexity index is 651. The molecule has 1 atom stereocenters. The van der Waals surface area contributed by atoms with Gasteiger partial charge in [0.1, 0.15) is 11.5 Å². The average Bonchev–Trinajstić information content (AvgIpc) is 2.94. The molecule has 132 valence electrons. The predicted molar refractivity (Wildman–Crippen MR) is 82.8 cm³/mol. The molecule has 6 nitrogen and oxygen atoms in total. The summed E-state index contributed by atoms with van der Waals surface area (Å²) in [5, 5.41) is 2.85. The van der Waals surface area contributed by atoms with Gasteiger partial charge in [-0.25, -0.2) is 13.8 Å². The van der Waals surface area contributed by atoms with Gasteiger partial charge in [-0.05, 0) is 13.3 Å². The van der Waals surface area contributed by atoms with Crippen molar-refractivity contribution in [1.82, 2.24) is 19.8 Å². The molecule has 0 saturated heterocycles. The molecule has 0 spiro atoms. The molecule has 24 heavy (non-hydrogen) atoms. The monoisotopic (exact) mass is 340 g/mol. The fourth-order valence-electron chi connectivity index (χ4n) is 3.23. The van der Waals surface area contributed by atoms with E-state index in [-0.39, 0.29) is 30.7 Å². The number of hydrogen-bond acceptors (Lipinski definition) is 3. The first kappa shape index (κ1) is 16.9. The first-order chi connectivity index (χ1) is 11.3. The Kier molecular flexibility index (Phi) is 4.31. The summed E-state index contributed by atoms with van der Waals surface area (Å²) < 4.78 is 27.6. The van der Waals surface area contributed by atoms with Crippen LogP contribution >= 0.6 is 0 Å². The lowest BCUT2D eigenvalue weighted by Crippen LogP contribution is -2.50. The zero-order chi connectivity index (χ0) is 17.5. The number of halogens is 2. The predicted octanol–water partition coefficient (Wildman–Crippen LogP) is 1.45. The number of aromatic nitrogens is 2. The van der Waals surface area contributed by atoms with E-state index < -0.39 is 11.8 Å². The van der Waals surface area contributed by atoms with Crippen LogP contribution in [0.25, 0.3) is 0 Å². The smallest absolute Gasteiger partial charge is 0.271 e. The molecule has 2 amide bonds. The number of nitrogens with one attached hydrogen (secondary N) is 1. The molecular formula is C16H22F2N4O2. The van der Waals surface area contributed by atoms with Gasteiger partial charge < -0.3 is 14.8 Å². The number of hydrogen-bond donors (Lipinski definition) is 1. The maximum atomic E-state index is 12.9. The summed E-state index contributed by atoms with van der Waals surface area (Å²) in [6.07, 6.45) is 2.18. The zero-order valence-electron chi connectivity index (χ0n) is 13.9. The highest BCUT2D eigenvalue weighted by atomic mass is 19.3. The molecule has 1 fully saturated rings. The largest absolute Gasteiger partial charge is 0.351 e. The topological polar surface area (TPSA) is 67.2 Å². The standard InChI is InChI=1S/C16H22F2N4O2/c1-3-21(2)15(24)12-8-19-13-5-4-11(9-22(12)13)20-14(23)10-6-16(17,18)7-10/h8,10-11H,3-7,9H2,1-2H3,(H,20,23). The molecule has 1 aliphatic heterocycles. The minimum absolute atomic E-state index is 0.109. The molecule has 1 aromatic rings. The molecule has 0 aromatic carbocycles. The SMILES string of the molecule is CCN(C)C(=O)c1cnc2n1CC(NC(=O)C1CC(F)(F)C1)CC2. The quantitative estimate of drug-likeness (QED) is 0.902. The number of fused-ring (bicyclic) bond motifs is 1. The number of rotatable bonds is 4. The second-order valence-electron chi connectivity index (χ2n) is 6.69. The lowest BCUT2D eigenvalue weighted by atomic mass is 9.80. The van der Waals surface area contributed by atoms with E-state index in [0.717, 1.165) is 5.82 Å². The number of imidazole rings is 1. The Morgan fingerprint density at radius 1 is 1.46 bits per heavy atom. The summed E-state index contributed by atoms with van der Waals surface area (Å²) in [6, 6.07) is -0.160. The van der Waals surface area contributed by atoms with Crippen LogP contribution in [-0.4, -0.2) is 51.8 Å². The van der Waals surface area contributed by atoms with E-state index in [1.807, 2.05) is 11.5 Å². The highest BCUT2D eigenvalue weighted by Gasteiger charge is 2.49. The van der Waals surface area contributed by atoms with Gasteiger partial charge in [0.05, 0.1) is 6.20 Å². The molecule has 2 aliphatic rings. The minimum atomic E-state index is -2.70. The van der Waals surface area contributed by atoms with Gasteiger partial charge in [0.15, 0.2) is 0 Å². The number of carbonyl (C=O) groups is 2. The molecule has 8 heteroatoms. The molecule has 1 aliphatic carbocycles. The van der Waals surface area contributed by atoms with Crippen LogP contribution in [0.1, 0.15) is 42.5 Å². The summed E-state index contributed by atoms with van der Waals surface area (Å²) in [5.41, 5.74) is 0.503.